The van der Waals surface area contributed by atoms with Crippen molar-refractivity contribution in [2.75, 3.05) is 6.54 Å². The van der Waals surface area contributed by atoms with Gasteiger partial charge in [-0.05, 0) is 59.0 Å². The van der Waals surface area contributed by atoms with E-state index in [1.807, 2.05) is 0 Å². The number of halogens is 5. The minimum absolute atomic E-state index is 0.0429. The zero-order chi connectivity index (χ0) is 26.5. The van der Waals surface area contributed by atoms with Crippen molar-refractivity contribution in [3.8, 4) is 11.1 Å². The number of carbonyl (C=O) groups excluding carboxylic acids is 1. The lowest BCUT2D eigenvalue weighted by molar-refractivity contribution is -0.139. The summed E-state index contributed by atoms with van der Waals surface area (Å²) in [4.78, 5) is 25.4. The van der Waals surface area contributed by atoms with Crippen LogP contribution in [0.25, 0.3) is 11.1 Å². The van der Waals surface area contributed by atoms with E-state index >= 15 is 0 Å². The Morgan fingerprint density at radius 2 is 1.67 bits per heavy atom. The third-order valence-electron chi connectivity index (χ3n) is 5.40. The molecule has 0 spiro atoms. The van der Waals surface area contributed by atoms with Crippen molar-refractivity contribution in [3.05, 3.63) is 93.0 Å². The fourth-order valence-corrected chi connectivity index (χ4v) is 4.18. The molecule has 0 aliphatic heterocycles. The number of nitrogens with zero attached hydrogens (tertiary/aromatic N) is 1. The van der Waals surface area contributed by atoms with E-state index in [-0.39, 0.29) is 13.2 Å². The van der Waals surface area contributed by atoms with E-state index < -0.39 is 40.8 Å². The van der Waals surface area contributed by atoms with Crippen molar-refractivity contribution in [2.24, 2.45) is 0 Å². The van der Waals surface area contributed by atoms with Gasteiger partial charge in [-0.1, -0.05) is 59.6 Å². The van der Waals surface area contributed by atoms with Crippen LogP contribution < -0.4 is 0 Å². The van der Waals surface area contributed by atoms with Crippen molar-refractivity contribution in [1.82, 2.24) is 4.90 Å². The summed E-state index contributed by atoms with van der Waals surface area (Å²) in [5.74, 6) is -1.41. The highest BCUT2D eigenvalue weighted by molar-refractivity contribution is 6.32. The van der Waals surface area contributed by atoms with Crippen molar-refractivity contribution < 1.29 is 32.6 Å². The molecule has 0 fully saturated rings. The average molecular weight is 540 g/mol. The number of ether oxygens (including phenoxy) is 1. The first-order chi connectivity index (χ1) is 17.0. The largest absolute Gasteiger partial charge is 0.481 e. The summed E-state index contributed by atoms with van der Waals surface area (Å²) in [6.07, 6.45) is -6.23. The fourth-order valence-electron chi connectivity index (χ4n) is 3.71. The van der Waals surface area contributed by atoms with Gasteiger partial charge in [0, 0.05) is 18.1 Å². The quantitative estimate of drug-likeness (QED) is 0.322. The van der Waals surface area contributed by atoms with Crippen LogP contribution in [-0.2, 0) is 35.3 Å². The van der Waals surface area contributed by atoms with E-state index in [1.165, 1.54) is 11.0 Å². The maximum absolute atomic E-state index is 13.6. The molecule has 1 amide bonds. The SMILES string of the molecule is CCN(Cc1ccccc1-c1cc(Cl)c(C(F)(F)F)c(CC(=O)O)c1)C(=O)OCc1ccc(Cl)cc1. The van der Waals surface area contributed by atoms with Gasteiger partial charge in [0.1, 0.15) is 6.61 Å². The van der Waals surface area contributed by atoms with Gasteiger partial charge in [0.25, 0.3) is 0 Å². The van der Waals surface area contributed by atoms with Crippen molar-refractivity contribution in [1.29, 1.82) is 0 Å². The summed E-state index contributed by atoms with van der Waals surface area (Å²) in [6, 6.07) is 16.0. The molecule has 0 radical (unpaired) electrons. The first-order valence-electron chi connectivity index (χ1n) is 10.9. The fraction of sp³-hybridized carbons (Fsp3) is 0.231. The van der Waals surface area contributed by atoms with Gasteiger partial charge in [-0.2, -0.15) is 13.2 Å². The Labute approximate surface area is 216 Å². The molecular weight excluding hydrogens is 518 g/mol. The smallest absolute Gasteiger partial charge is 0.418 e. The second-order valence-electron chi connectivity index (χ2n) is 7.91. The molecule has 3 aromatic carbocycles. The molecule has 0 unspecified atom stereocenters. The summed E-state index contributed by atoms with van der Waals surface area (Å²) in [5, 5.41) is 9.11. The molecule has 0 saturated heterocycles. The first kappa shape index (κ1) is 27.4. The van der Waals surface area contributed by atoms with E-state index in [4.69, 9.17) is 33.0 Å². The molecule has 0 aliphatic carbocycles. The minimum atomic E-state index is -4.81. The number of hydrogen-bond acceptors (Lipinski definition) is 3. The van der Waals surface area contributed by atoms with E-state index in [0.29, 0.717) is 28.3 Å². The van der Waals surface area contributed by atoms with Gasteiger partial charge < -0.3 is 14.7 Å². The Morgan fingerprint density at radius 3 is 2.28 bits per heavy atom. The molecule has 5 nitrogen and oxygen atoms in total. The molecule has 0 saturated carbocycles. The van der Waals surface area contributed by atoms with Crippen molar-refractivity contribution in [3.63, 3.8) is 0 Å². The van der Waals surface area contributed by atoms with Crippen LogP contribution in [0.1, 0.15) is 29.2 Å². The number of carbonyl (C=O) groups is 2. The predicted molar refractivity (Wildman–Crippen MR) is 131 cm³/mol. The molecule has 0 bridgehead atoms. The first-order valence-corrected chi connectivity index (χ1v) is 11.6. The molecule has 0 atom stereocenters. The van der Waals surface area contributed by atoms with Gasteiger partial charge in [-0.3, -0.25) is 4.79 Å². The molecule has 3 aromatic rings. The Balaban J connectivity index is 1.89. The summed E-state index contributed by atoms with van der Waals surface area (Å²) in [7, 11) is 0. The Bertz CT molecular complexity index is 1250. The Kier molecular flexibility index (Phi) is 8.87. The number of carboxylic acids is 1. The molecule has 3 rings (SSSR count). The summed E-state index contributed by atoms with van der Waals surface area (Å²) in [5.41, 5.74) is 0.597. The zero-order valence-electron chi connectivity index (χ0n) is 19.1. The highest BCUT2D eigenvalue weighted by atomic mass is 35.5. The van der Waals surface area contributed by atoms with Gasteiger partial charge in [-0.25, -0.2) is 4.79 Å². The van der Waals surface area contributed by atoms with E-state index in [9.17, 15) is 22.8 Å². The van der Waals surface area contributed by atoms with Crippen LogP contribution in [0, 0.1) is 0 Å². The second kappa shape index (κ2) is 11.7. The van der Waals surface area contributed by atoms with Crippen LogP contribution in [0.15, 0.2) is 60.7 Å². The highest BCUT2D eigenvalue weighted by Gasteiger charge is 2.37. The second-order valence-corrected chi connectivity index (χ2v) is 8.76. The lowest BCUT2D eigenvalue weighted by Crippen LogP contribution is -2.31. The van der Waals surface area contributed by atoms with E-state index in [0.717, 1.165) is 11.6 Å². The Hall–Kier alpha value is -3.23. The molecule has 10 heteroatoms. The normalized spacial score (nSPS) is 11.3. The standard InChI is InChI=1S/C26H22Cl2F3NO4/c1-2-32(25(35)36-15-16-7-9-20(27)10-8-16)14-17-5-3-4-6-21(17)18-11-19(13-23(33)34)24(22(28)12-18)26(29,30)31/h3-12H,2,13-15H2,1H3,(H,33,34). The number of hydrogen-bond donors (Lipinski definition) is 1. The topological polar surface area (TPSA) is 66.8 Å². The summed E-state index contributed by atoms with van der Waals surface area (Å²) < 4.78 is 46.1. The van der Waals surface area contributed by atoms with Crippen LogP contribution in [0.4, 0.5) is 18.0 Å². The van der Waals surface area contributed by atoms with Crippen LogP contribution in [0.2, 0.25) is 10.0 Å². The Morgan fingerprint density at radius 1 is 1.00 bits per heavy atom. The number of aliphatic carboxylic acids is 1. The maximum atomic E-state index is 13.6. The molecular formula is C26H22Cl2F3NO4. The van der Waals surface area contributed by atoms with Gasteiger partial charge >= 0.3 is 18.2 Å². The minimum Gasteiger partial charge on any atom is -0.481 e. The number of rotatable bonds is 8. The highest BCUT2D eigenvalue weighted by Crippen LogP contribution is 2.40. The van der Waals surface area contributed by atoms with Crippen LogP contribution in [0.3, 0.4) is 0 Å². The third kappa shape index (κ3) is 6.92. The molecule has 36 heavy (non-hydrogen) atoms. The molecule has 190 valence electrons. The molecule has 0 aliphatic rings. The summed E-state index contributed by atoms with van der Waals surface area (Å²) in [6.45, 7) is 2.23. The molecule has 0 aromatic heterocycles. The van der Waals surface area contributed by atoms with Crippen LogP contribution in [-0.4, -0.2) is 28.6 Å². The van der Waals surface area contributed by atoms with Gasteiger partial charge in [0.2, 0.25) is 0 Å². The number of benzene rings is 3. The van der Waals surface area contributed by atoms with Crippen LogP contribution in [0.5, 0.6) is 0 Å². The van der Waals surface area contributed by atoms with Gasteiger partial charge in [-0.15, -0.1) is 0 Å². The predicted octanol–water partition coefficient (Wildman–Crippen LogP) is 7.47. The average Bonchev–Trinajstić information content (AvgIpc) is 2.80. The lowest BCUT2D eigenvalue weighted by Gasteiger charge is -2.23. The zero-order valence-corrected chi connectivity index (χ0v) is 20.6. The van der Waals surface area contributed by atoms with E-state index in [1.54, 1.807) is 55.5 Å². The molecule has 1 N–H and O–H groups in total. The van der Waals surface area contributed by atoms with Crippen molar-refractivity contribution in [2.45, 2.75) is 32.7 Å². The van der Waals surface area contributed by atoms with E-state index in [2.05, 4.69) is 0 Å². The van der Waals surface area contributed by atoms with Crippen molar-refractivity contribution >= 4 is 35.3 Å². The number of alkyl halides is 3. The van der Waals surface area contributed by atoms with Crippen LogP contribution >= 0.6 is 23.2 Å². The van der Waals surface area contributed by atoms with Gasteiger partial charge in [0.05, 0.1) is 17.0 Å². The maximum Gasteiger partial charge on any atom is 0.418 e. The van der Waals surface area contributed by atoms with Gasteiger partial charge in [0.15, 0.2) is 0 Å². The third-order valence-corrected chi connectivity index (χ3v) is 5.95. The number of carboxylic acid groups (broad SMARTS) is 1. The monoisotopic (exact) mass is 539 g/mol. The number of amides is 1. The summed E-state index contributed by atoms with van der Waals surface area (Å²) >= 11 is 11.9. The lowest BCUT2D eigenvalue weighted by atomic mass is 9.94. The molecule has 0 heterocycles.